The van der Waals surface area contributed by atoms with Crippen molar-refractivity contribution >= 4 is 10.0 Å². The maximum atomic E-state index is 12.1. The van der Waals surface area contributed by atoms with E-state index in [1.165, 1.54) is 25.7 Å². The Bertz CT molecular complexity index is 361. The Morgan fingerprint density at radius 3 is 2.25 bits per heavy atom. The van der Waals surface area contributed by atoms with Gasteiger partial charge in [0.2, 0.25) is 10.0 Å². The molecule has 1 N–H and O–H groups in total. The van der Waals surface area contributed by atoms with Crippen LogP contribution in [0.3, 0.4) is 0 Å². The summed E-state index contributed by atoms with van der Waals surface area (Å²) >= 11 is 0. The molecule has 0 saturated carbocycles. The van der Waals surface area contributed by atoms with Crippen LogP contribution in [0, 0.1) is 11.3 Å². The Morgan fingerprint density at radius 2 is 1.65 bits per heavy atom. The smallest absolute Gasteiger partial charge is 0.214 e. The molecule has 1 unspecified atom stereocenters. The number of hydrogen-bond acceptors (Lipinski definition) is 3. The van der Waals surface area contributed by atoms with E-state index in [1.807, 2.05) is 13.0 Å². The van der Waals surface area contributed by atoms with Gasteiger partial charge in [-0.05, 0) is 12.8 Å². The minimum absolute atomic E-state index is 0.231. The fraction of sp³-hybridized carbons (Fsp3) is 0.933. The Morgan fingerprint density at radius 1 is 1.00 bits per heavy atom. The number of nitriles is 1. The number of nitrogens with zero attached hydrogens (tertiary/aromatic N) is 1. The molecular formula is C15H30N2O2S. The molecule has 0 radical (unpaired) electrons. The fourth-order valence-corrected chi connectivity index (χ4v) is 3.94. The van der Waals surface area contributed by atoms with Gasteiger partial charge in [-0.3, -0.25) is 0 Å². The quantitative estimate of drug-likeness (QED) is 0.527. The second kappa shape index (κ2) is 12.2. The summed E-state index contributed by atoms with van der Waals surface area (Å²) in [4.78, 5) is 0. The second-order valence-corrected chi connectivity index (χ2v) is 7.36. The van der Waals surface area contributed by atoms with Crippen molar-refractivity contribution in [2.75, 3.05) is 6.54 Å². The van der Waals surface area contributed by atoms with Crippen LogP contribution < -0.4 is 4.72 Å². The molecule has 5 heteroatoms. The molecular weight excluding hydrogens is 272 g/mol. The minimum Gasteiger partial charge on any atom is -0.214 e. The van der Waals surface area contributed by atoms with Gasteiger partial charge in [0.25, 0.3) is 0 Å². The van der Waals surface area contributed by atoms with Crippen LogP contribution in [0.25, 0.3) is 0 Å². The molecule has 0 heterocycles. The number of sulfonamides is 1. The van der Waals surface area contributed by atoms with Gasteiger partial charge in [0.15, 0.2) is 0 Å². The van der Waals surface area contributed by atoms with E-state index in [4.69, 9.17) is 5.26 Å². The molecule has 0 rings (SSSR count). The zero-order valence-electron chi connectivity index (χ0n) is 13.0. The van der Waals surface area contributed by atoms with E-state index >= 15 is 0 Å². The third-order valence-electron chi connectivity index (χ3n) is 3.47. The van der Waals surface area contributed by atoms with E-state index in [1.54, 1.807) is 0 Å². The molecule has 0 aromatic carbocycles. The molecule has 0 fully saturated rings. The molecule has 0 bridgehead atoms. The average Bonchev–Trinajstić information content (AvgIpc) is 2.41. The van der Waals surface area contributed by atoms with Crippen molar-refractivity contribution in [2.24, 2.45) is 0 Å². The van der Waals surface area contributed by atoms with Crippen molar-refractivity contribution in [3.05, 3.63) is 0 Å². The third-order valence-corrected chi connectivity index (χ3v) is 5.42. The first-order chi connectivity index (χ1) is 9.58. The lowest BCUT2D eigenvalue weighted by Crippen LogP contribution is -2.34. The zero-order valence-corrected chi connectivity index (χ0v) is 13.8. The Kier molecular flexibility index (Phi) is 11.8. The molecule has 0 saturated heterocycles. The molecule has 0 aliphatic heterocycles. The van der Waals surface area contributed by atoms with E-state index in [0.717, 1.165) is 25.7 Å². The molecule has 20 heavy (non-hydrogen) atoms. The maximum Gasteiger partial charge on any atom is 0.214 e. The van der Waals surface area contributed by atoms with Gasteiger partial charge in [-0.15, -0.1) is 0 Å². The van der Waals surface area contributed by atoms with Crippen molar-refractivity contribution in [1.82, 2.24) is 4.72 Å². The Balaban J connectivity index is 4.10. The molecule has 0 aliphatic carbocycles. The van der Waals surface area contributed by atoms with Crippen LogP contribution in [-0.2, 0) is 10.0 Å². The predicted molar refractivity (Wildman–Crippen MR) is 83.8 cm³/mol. The lowest BCUT2D eigenvalue weighted by molar-refractivity contribution is 0.522. The topological polar surface area (TPSA) is 70.0 Å². The minimum atomic E-state index is -3.26. The summed E-state index contributed by atoms with van der Waals surface area (Å²) in [5.41, 5.74) is 0. The van der Waals surface area contributed by atoms with Gasteiger partial charge in [-0.25, -0.2) is 13.1 Å². The van der Waals surface area contributed by atoms with Gasteiger partial charge < -0.3 is 0 Å². The largest absolute Gasteiger partial charge is 0.214 e. The maximum absolute atomic E-state index is 12.1. The first-order valence-electron chi connectivity index (χ1n) is 7.93. The summed E-state index contributed by atoms with van der Waals surface area (Å²) in [6, 6.07) is 1.96. The molecule has 0 amide bonds. The molecule has 0 aromatic heterocycles. The Labute approximate surface area is 125 Å². The van der Waals surface area contributed by atoms with E-state index in [2.05, 4.69) is 11.6 Å². The second-order valence-electron chi connectivity index (χ2n) is 5.31. The van der Waals surface area contributed by atoms with Crippen LogP contribution >= 0.6 is 0 Å². The fourth-order valence-electron chi connectivity index (χ4n) is 2.30. The summed E-state index contributed by atoms with van der Waals surface area (Å²) in [5.74, 6) is 0. The van der Waals surface area contributed by atoms with Crippen LogP contribution in [0.15, 0.2) is 0 Å². The van der Waals surface area contributed by atoms with Crippen LogP contribution in [0.5, 0.6) is 0 Å². The van der Waals surface area contributed by atoms with Gasteiger partial charge in [-0.1, -0.05) is 58.8 Å². The Hall–Kier alpha value is -0.600. The lowest BCUT2D eigenvalue weighted by atomic mass is 10.1. The van der Waals surface area contributed by atoms with Crippen molar-refractivity contribution in [3.63, 3.8) is 0 Å². The van der Waals surface area contributed by atoms with E-state index in [0.29, 0.717) is 6.42 Å². The van der Waals surface area contributed by atoms with Gasteiger partial charge in [0, 0.05) is 13.0 Å². The molecule has 0 aliphatic rings. The monoisotopic (exact) mass is 302 g/mol. The lowest BCUT2D eigenvalue weighted by Gasteiger charge is -2.17. The van der Waals surface area contributed by atoms with Crippen LogP contribution in [0.4, 0.5) is 0 Å². The first-order valence-corrected chi connectivity index (χ1v) is 9.48. The molecule has 4 nitrogen and oxygen atoms in total. The van der Waals surface area contributed by atoms with Crippen LogP contribution in [0.2, 0.25) is 0 Å². The zero-order chi connectivity index (χ0) is 15.3. The van der Waals surface area contributed by atoms with Crippen LogP contribution in [-0.4, -0.2) is 20.2 Å². The van der Waals surface area contributed by atoms with Gasteiger partial charge in [0.05, 0.1) is 11.3 Å². The van der Waals surface area contributed by atoms with Crippen molar-refractivity contribution in [1.29, 1.82) is 5.26 Å². The van der Waals surface area contributed by atoms with Gasteiger partial charge >= 0.3 is 0 Å². The highest BCUT2D eigenvalue weighted by Crippen LogP contribution is 2.17. The number of hydrogen-bond donors (Lipinski definition) is 1. The SMILES string of the molecule is CCCCCCCCC(CCC)S(=O)(=O)NCCC#N. The molecule has 0 spiro atoms. The van der Waals surface area contributed by atoms with Gasteiger partial charge in [-0.2, -0.15) is 5.26 Å². The summed E-state index contributed by atoms with van der Waals surface area (Å²) < 4.78 is 26.8. The highest BCUT2D eigenvalue weighted by molar-refractivity contribution is 7.90. The van der Waals surface area contributed by atoms with Crippen molar-refractivity contribution in [2.45, 2.75) is 83.3 Å². The van der Waals surface area contributed by atoms with E-state index in [-0.39, 0.29) is 18.2 Å². The number of nitrogens with one attached hydrogen (secondary N) is 1. The highest BCUT2D eigenvalue weighted by Gasteiger charge is 2.23. The summed E-state index contributed by atoms with van der Waals surface area (Å²) in [5, 5.41) is 8.17. The average molecular weight is 302 g/mol. The summed E-state index contributed by atoms with van der Waals surface area (Å²) in [6.07, 6.45) is 9.60. The third kappa shape index (κ3) is 9.33. The van der Waals surface area contributed by atoms with E-state index in [9.17, 15) is 8.42 Å². The number of rotatable bonds is 13. The van der Waals surface area contributed by atoms with Crippen molar-refractivity contribution < 1.29 is 8.42 Å². The summed E-state index contributed by atoms with van der Waals surface area (Å²) in [7, 11) is -3.26. The molecule has 118 valence electrons. The standard InChI is InChI=1S/C15H30N2O2S/c1-3-5-6-7-8-9-12-15(11-4-2)20(18,19)17-14-10-13-16/h15,17H,3-12,14H2,1-2H3. The predicted octanol–water partition coefficient (Wildman–Crippen LogP) is 3.74. The highest BCUT2D eigenvalue weighted by atomic mass is 32.2. The van der Waals surface area contributed by atoms with E-state index < -0.39 is 10.0 Å². The van der Waals surface area contributed by atoms with Crippen LogP contribution in [0.1, 0.15) is 78.1 Å². The normalized spacial score (nSPS) is 13.1. The first kappa shape index (κ1) is 19.4. The van der Waals surface area contributed by atoms with Crippen molar-refractivity contribution in [3.8, 4) is 6.07 Å². The molecule has 1 atom stereocenters. The summed E-state index contributed by atoms with van der Waals surface area (Å²) in [6.45, 7) is 4.44. The van der Waals surface area contributed by atoms with Gasteiger partial charge in [0.1, 0.15) is 0 Å². The molecule has 0 aromatic rings. The number of unbranched alkanes of at least 4 members (excludes halogenated alkanes) is 5.